The Morgan fingerprint density at radius 1 is 1.35 bits per heavy atom. The molecular weight excluding hydrogens is 258 g/mol. The minimum Gasteiger partial charge on any atom is -0.354 e. The van der Waals surface area contributed by atoms with Crippen molar-refractivity contribution in [1.29, 1.82) is 0 Å². The molecule has 20 heavy (non-hydrogen) atoms. The molecule has 0 unspecified atom stereocenters. The highest BCUT2D eigenvalue weighted by molar-refractivity contribution is 6.08. The number of hydrogen-bond donors (Lipinski definition) is 1. The number of anilines is 1. The maximum Gasteiger partial charge on any atom is 0.329 e. The van der Waals surface area contributed by atoms with Crippen molar-refractivity contribution in [3.05, 3.63) is 23.8 Å². The highest BCUT2D eigenvalue weighted by Crippen LogP contribution is 2.29. The molecule has 1 fully saturated rings. The van der Waals surface area contributed by atoms with E-state index >= 15 is 0 Å². The van der Waals surface area contributed by atoms with Crippen molar-refractivity contribution in [2.75, 3.05) is 11.4 Å². The van der Waals surface area contributed by atoms with Gasteiger partial charge in [-0.3, -0.25) is 15.0 Å². The van der Waals surface area contributed by atoms with Crippen LogP contribution in [0.25, 0.3) is 11.0 Å². The lowest BCUT2D eigenvalue weighted by molar-refractivity contribution is -0.120. The van der Waals surface area contributed by atoms with Crippen LogP contribution >= 0.6 is 0 Å². The van der Waals surface area contributed by atoms with E-state index in [-0.39, 0.29) is 12.3 Å². The lowest BCUT2D eigenvalue weighted by Crippen LogP contribution is -2.49. The van der Waals surface area contributed by atoms with Crippen molar-refractivity contribution in [2.24, 2.45) is 0 Å². The van der Waals surface area contributed by atoms with Gasteiger partial charge in [0, 0.05) is 13.0 Å². The molecule has 0 aliphatic carbocycles. The predicted octanol–water partition coefficient (Wildman–Crippen LogP) is 2.40. The third-order valence-electron chi connectivity index (χ3n) is 3.45. The van der Waals surface area contributed by atoms with Crippen molar-refractivity contribution in [3.8, 4) is 0 Å². The average molecular weight is 273 g/mol. The van der Waals surface area contributed by atoms with Gasteiger partial charge in [0.05, 0.1) is 5.39 Å². The number of amides is 3. The SMILES string of the molecule is CC(C)c1ccc2c(N3CCC(=O)NC3=O)noc2c1. The van der Waals surface area contributed by atoms with Crippen LogP contribution in [-0.2, 0) is 4.79 Å². The van der Waals surface area contributed by atoms with Crippen LogP contribution in [0.2, 0.25) is 0 Å². The van der Waals surface area contributed by atoms with E-state index in [1.54, 1.807) is 0 Å². The van der Waals surface area contributed by atoms with Gasteiger partial charge in [-0.15, -0.1) is 0 Å². The summed E-state index contributed by atoms with van der Waals surface area (Å²) in [5.74, 6) is 0.588. The number of fused-ring (bicyclic) bond motifs is 1. The largest absolute Gasteiger partial charge is 0.354 e. The summed E-state index contributed by atoms with van der Waals surface area (Å²) in [4.78, 5) is 24.4. The van der Waals surface area contributed by atoms with Gasteiger partial charge in [0.1, 0.15) is 0 Å². The van der Waals surface area contributed by atoms with E-state index in [2.05, 4.69) is 24.3 Å². The van der Waals surface area contributed by atoms with E-state index in [0.29, 0.717) is 23.9 Å². The van der Waals surface area contributed by atoms with E-state index in [9.17, 15) is 9.59 Å². The van der Waals surface area contributed by atoms with Crippen molar-refractivity contribution >= 4 is 28.7 Å². The molecule has 6 heteroatoms. The standard InChI is InChI=1S/C14H15N3O3/c1-8(2)9-3-4-10-11(7-9)20-16-13(10)17-6-5-12(18)15-14(17)19/h3-4,7-8H,5-6H2,1-2H3,(H,15,18,19). The number of nitrogens with zero attached hydrogens (tertiary/aromatic N) is 2. The maximum atomic E-state index is 11.8. The highest BCUT2D eigenvalue weighted by atomic mass is 16.5. The van der Waals surface area contributed by atoms with Crippen LogP contribution in [0, 0.1) is 0 Å². The zero-order valence-corrected chi connectivity index (χ0v) is 11.3. The van der Waals surface area contributed by atoms with Crippen LogP contribution in [0.3, 0.4) is 0 Å². The van der Waals surface area contributed by atoms with Crippen LogP contribution in [-0.4, -0.2) is 23.6 Å². The van der Waals surface area contributed by atoms with E-state index in [1.807, 2.05) is 18.2 Å². The van der Waals surface area contributed by atoms with E-state index < -0.39 is 6.03 Å². The minimum atomic E-state index is -0.454. The lowest BCUT2D eigenvalue weighted by Gasteiger charge is -2.24. The Morgan fingerprint density at radius 2 is 2.15 bits per heavy atom. The minimum absolute atomic E-state index is 0.263. The Bertz CT molecular complexity index is 690. The second kappa shape index (κ2) is 4.63. The summed E-state index contributed by atoms with van der Waals surface area (Å²) in [7, 11) is 0. The molecule has 0 atom stereocenters. The van der Waals surface area contributed by atoms with Crippen LogP contribution in [0.5, 0.6) is 0 Å². The molecule has 3 amide bonds. The van der Waals surface area contributed by atoms with Gasteiger partial charge >= 0.3 is 6.03 Å². The van der Waals surface area contributed by atoms with E-state index in [1.165, 1.54) is 4.90 Å². The Hall–Kier alpha value is -2.37. The van der Waals surface area contributed by atoms with Gasteiger partial charge in [-0.25, -0.2) is 4.79 Å². The van der Waals surface area contributed by atoms with E-state index in [0.717, 1.165) is 10.9 Å². The van der Waals surface area contributed by atoms with Gasteiger partial charge in [-0.1, -0.05) is 25.1 Å². The molecule has 1 aromatic heterocycles. The van der Waals surface area contributed by atoms with Crippen molar-refractivity contribution in [2.45, 2.75) is 26.2 Å². The number of urea groups is 1. The molecule has 104 valence electrons. The molecule has 6 nitrogen and oxygen atoms in total. The third-order valence-corrected chi connectivity index (χ3v) is 3.45. The normalized spacial score (nSPS) is 16.1. The molecule has 2 heterocycles. The second-order valence-corrected chi connectivity index (χ2v) is 5.17. The number of benzene rings is 1. The summed E-state index contributed by atoms with van der Waals surface area (Å²) < 4.78 is 5.31. The molecule has 3 rings (SSSR count). The second-order valence-electron chi connectivity index (χ2n) is 5.17. The topological polar surface area (TPSA) is 75.4 Å². The molecule has 1 aromatic carbocycles. The van der Waals surface area contributed by atoms with Gasteiger partial charge in [-0.05, 0) is 23.6 Å². The zero-order chi connectivity index (χ0) is 14.3. The number of carbonyl (C=O) groups is 2. The summed E-state index contributed by atoms with van der Waals surface area (Å²) in [6.45, 7) is 4.52. The summed E-state index contributed by atoms with van der Waals surface area (Å²) in [6.07, 6.45) is 0.268. The molecule has 0 radical (unpaired) electrons. The van der Waals surface area contributed by atoms with Crippen LogP contribution in [0.15, 0.2) is 22.7 Å². The number of imide groups is 1. The number of rotatable bonds is 2. The van der Waals surface area contributed by atoms with Crippen LogP contribution in [0.1, 0.15) is 31.7 Å². The average Bonchev–Trinajstić information content (AvgIpc) is 2.81. The van der Waals surface area contributed by atoms with Gasteiger partial charge in [-0.2, -0.15) is 0 Å². The first-order chi connectivity index (χ1) is 9.56. The van der Waals surface area contributed by atoms with Crippen LogP contribution in [0.4, 0.5) is 10.6 Å². The molecular formula is C14H15N3O3. The third kappa shape index (κ3) is 2.03. The fourth-order valence-corrected chi connectivity index (χ4v) is 2.26. The maximum absolute atomic E-state index is 11.8. The molecule has 1 N–H and O–H groups in total. The Balaban J connectivity index is 2.00. The summed E-state index contributed by atoms with van der Waals surface area (Å²) >= 11 is 0. The molecule has 0 spiro atoms. The summed E-state index contributed by atoms with van der Waals surface area (Å²) in [5.41, 5.74) is 1.80. The number of aromatic nitrogens is 1. The summed E-state index contributed by atoms with van der Waals surface area (Å²) in [5, 5.41) is 7.03. The first-order valence-corrected chi connectivity index (χ1v) is 6.57. The Labute approximate surface area is 115 Å². The first-order valence-electron chi connectivity index (χ1n) is 6.57. The lowest BCUT2D eigenvalue weighted by atomic mass is 10.0. The molecule has 1 aliphatic heterocycles. The van der Waals surface area contributed by atoms with Crippen molar-refractivity contribution < 1.29 is 14.1 Å². The van der Waals surface area contributed by atoms with Crippen LogP contribution < -0.4 is 10.2 Å². The Morgan fingerprint density at radius 3 is 2.85 bits per heavy atom. The fraction of sp³-hybridized carbons (Fsp3) is 0.357. The molecule has 0 bridgehead atoms. The highest BCUT2D eigenvalue weighted by Gasteiger charge is 2.28. The van der Waals surface area contributed by atoms with Crippen molar-refractivity contribution in [3.63, 3.8) is 0 Å². The zero-order valence-electron chi connectivity index (χ0n) is 11.3. The fourth-order valence-electron chi connectivity index (χ4n) is 2.26. The molecule has 2 aromatic rings. The molecule has 1 aliphatic rings. The van der Waals surface area contributed by atoms with E-state index in [4.69, 9.17) is 4.52 Å². The quantitative estimate of drug-likeness (QED) is 0.911. The number of carbonyl (C=O) groups excluding carboxylic acids is 2. The van der Waals surface area contributed by atoms with Gasteiger partial charge in [0.2, 0.25) is 5.91 Å². The van der Waals surface area contributed by atoms with Gasteiger partial charge in [0.15, 0.2) is 11.4 Å². The molecule has 0 saturated carbocycles. The first kappa shape index (κ1) is 12.7. The smallest absolute Gasteiger partial charge is 0.329 e. The monoisotopic (exact) mass is 273 g/mol. The number of hydrogen-bond acceptors (Lipinski definition) is 4. The Kier molecular flexibility index (Phi) is 2.93. The predicted molar refractivity (Wildman–Crippen MR) is 73.6 cm³/mol. The van der Waals surface area contributed by atoms with Gasteiger partial charge in [0.25, 0.3) is 0 Å². The molecule has 1 saturated heterocycles. The van der Waals surface area contributed by atoms with Crippen molar-refractivity contribution in [1.82, 2.24) is 10.5 Å². The summed E-state index contributed by atoms with van der Waals surface area (Å²) in [6, 6.07) is 5.38. The number of nitrogens with one attached hydrogen (secondary N) is 1. The van der Waals surface area contributed by atoms with Gasteiger partial charge < -0.3 is 4.52 Å².